The minimum atomic E-state index is -0.800. The quantitative estimate of drug-likeness (QED) is 0.812. The van der Waals surface area contributed by atoms with Crippen molar-refractivity contribution < 1.29 is 19.4 Å². The maximum atomic E-state index is 11.9. The molecule has 1 aromatic rings. The second-order valence-electron chi connectivity index (χ2n) is 5.86. The third kappa shape index (κ3) is 5.15. The Bertz CT molecular complexity index is 506. The van der Waals surface area contributed by atoms with E-state index in [1.54, 1.807) is 6.92 Å². The molecule has 0 bridgehead atoms. The van der Waals surface area contributed by atoms with E-state index in [0.717, 1.165) is 37.1 Å². The van der Waals surface area contributed by atoms with E-state index in [1.807, 2.05) is 24.3 Å². The number of amides is 1. The molecule has 2 atom stereocenters. The first kappa shape index (κ1) is 16.5. The van der Waals surface area contributed by atoms with Gasteiger partial charge in [0.1, 0.15) is 0 Å². The van der Waals surface area contributed by atoms with Crippen LogP contribution in [0, 0.1) is 5.92 Å². The minimum absolute atomic E-state index is 0.0119. The van der Waals surface area contributed by atoms with Crippen molar-refractivity contribution in [2.45, 2.75) is 45.1 Å². The highest BCUT2D eigenvalue weighted by molar-refractivity contribution is 5.90. The van der Waals surface area contributed by atoms with E-state index in [-0.39, 0.29) is 12.0 Å². The lowest BCUT2D eigenvalue weighted by atomic mass is 10.0. The molecule has 0 aliphatic carbocycles. The highest BCUT2D eigenvalue weighted by atomic mass is 16.5. The largest absolute Gasteiger partial charge is 0.481 e. The van der Waals surface area contributed by atoms with Gasteiger partial charge in [-0.25, -0.2) is 0 Å². The molecule has 0 spiro atoms. The van der Waals surface area contributed by atoms with E-state index >= 15 is 0 Å². The molecule has 2 N–H and O–H groups in total. The number of anilines is 1. The summed E-state index contributed by atoms with van der Waals surface area (Å²) in [6.07, 6.45) is 4.07. The second kappa shape index (κ2) is 7.94. The van der Waals surface area contributed by atoms with Crippen LogP contribution in [-0.2, 0) is 20.7 Å². The van der Waals surface area contributed by atoms with Crippen LogP contribution in [0.1, 0.15) is 38.2 Å². The molecular weight excluding hydrogens is 282 g/mol. The molecular formula is C17H23NO4. The summed E-state index contributed by atoms with van der Waals surface area (Å²) in [5, 5.41) is 11.8. The average molecular weight is 305 g/mol. The lowest BCUT2D eigenvalue weighted by Crippen LogP contribution is -2.15. The van der Waals surface area contributed by atoms with Crippen LogP contribution in [0.25, 0.3) is 0 Å². The van der Waals surface area contributed by atoms with Crippen molar-refractivity contribution >= 4 is 17.6 Å². The summed E-state index contributed by atoms with van der Waals surface area (Å²) in [5.41, 5.74) is 1.69. The van der Waals surface area contributed by atoms with Gasteiger partial charge in [0, 0.05) is 18.7 Å². The van der Waals surface area contributed by atoms with Crippen LogP contribution in [0.5, 0.6) is 0 Å². The molecule has 0 aromatic heterocycles. The van der Waals surface area contributed by atoms with E-state index in [2.05, 4.69) is 5.32 Å². The summed E-state index contributed by atoms with van der Waals surface area (Å²) < 4.78 is 5.50. The fraction of sp³-hybridized carbons (Fsp3) is 0.529. The molecule has 1 heterocycles. The first-order valence-corrected chi connectivity index (χ1v) is 7.78. The second-order valence-corrected chi connectivity index (χ2v) is 5.86. The molecule has 22 heavy (non-hydrogen) atoms. The van der Waals surface area contributed by atoms with Crippen LogP contribution in [0.15, 0.2) is 24.3 Å². The van der Waals surface area contributed by atoms with E-state index in [1.165, 1.54) is 0 Å². The SMILES string of the molecule is CC(Cc1ccc(NC(=O)CCC2CCCO2)cc1)C(=O)O. The highest BCUT2D eigenvalue weighted by Gasteiger charge is 2.16. The van der Waals surface area contributed by atoms with Gasteiger partial charge < -0.3 is 15.2 Å². The summed E-state index contributed by atoms with van der Waals surface area (Å²) in [6, 6.07) is 7.34. The van der Waals surface area contributed by atoms with Gasteiger partial charge in [-0.1, -0.05) is 19.1 Å². The van der Waals surface area contributed by atoms with Crippen molar-refractivity contribution in [3.8, 4) is 0 Å². The van der Waals surface area contributed by atoms with Crippen molar-refractivity contribution in [2.75, 3.05) is 11.9 Å². The molecule has 1 aromatic carbocycles. The van der Waals surface area contributed by atoms with Crippen LogP contribution in [0.3, 0.4) is 0 Å². The van der Waals surface area contributed by atoms with Crippen molar-refractivity contribution in [2.24, 2.45) is 5.92 Å². The van der Waals surface area contributed by atoms with Crippen molar-refractivity contribution in [3.63, 3.8) is 0 Å². The smallest absolute Gasteiger partial charge is 0.306 e. The molecule has 2 unspecified atom stereocenters. The average Bonchev–Trinajstić information content (AvgIpc) is 3.00. The normalized spacial score (nSPS) is 18.9. The Morgan fingerprint density at radius 2 is 2.09 bits per heavy atom. The fourth-order valence-electron chi connectivity index (χ4n) is 2.55. The summed E-state index contributed by atoms with van der Waals surface area (Å²) in [6.45, 7) is 2.49. The summed E-state index contributed by atoms with van der Waals surface area (Å²) in [4.78, 5) is 22.7. The Morgan fingerprint density at radius 3 is 2.68 bits per heavy atom. The number of aliphatic carboxylic acids is 1. The maximum Gasteiger partial charge on any atom is 0.306 e. The Morgan fingerprint density at radius 1 is 1.36 bits per heavy atom. The predicted molar refractivity (Wildman–Crippen MR) is 83.8 cm³/mol. The molecule has 1 fully saturated rings. The molecule has 1 aliphatic rings. The molecule has 120 valence electrons. The van der Waals surface area contributed by atoms with Crippen LogP contribution in [0.2, 0.25) is 0 Å². The molecule has 5 heteroatoms. The van der Waals surface area contributed by atoms with Crippen LogP contribution in [0.4, 0.5) is 5.69 Å². The number of nitrogens with one attached hydrogen (secondary N) is 1. The van der Waals surface area contributed by atoms with Crippen molar-refractivity contribution in [3.05, 3.63) is 29.8 Å². The van der Waals surface area contributed by atoms with Crippen LogP contribution >= 0.6 is 0 Å². The standard InChI is InChI=1S/C17H23NO4/c1-12(17(20)21)11-13-4-6-14(7-5-13)18-16(19)9-8-15-3-2-10-22-15/h4-7,12,15H,2-3,8-11H2,1H3,(H,18,19)(H,20,21). The van der Waals surface area contributed by atoms with Crippen molar-refractivity contribution in [1.82, 2.24) is 0 Å². The lowest BCUT2D eigenvalue weighted by Gasteiger charge is -2.10. The number of carbonyl (C=O) groups excluding carboxylic acids is 1. The van der Waals surface area contributed by atoms with Crippen LogP contribution in [-0.4, -0.2) is 29.7 Å². The monoisotopic (exact) mass is 305 g/mol. The number of hydrogen-bond acceptors (Lipinski definition) is 3. The van der Waals surface area contributed by atoms with Gasteiger partial charge in [-0.05, 0) is 43.4 Å². The molecule has 0 radical (unpaired) electrons. The molecule has 1 amide bonds. The van der Waals surface area contributed by atoms with Gasteiger partial charge in [-0.2, -0.15) is 0 Å². The van der Waals surface area contributed by atoms with Gasteiger partial charge in [-0.3, -0.25) is 9.59 Å². The number of carboxylic acids is 1. The molecule has 2 rings (SSSR count). The zero-order valence-electron chi connectivity index (χ0n) is 12.9. The van der Waals surface area contributed by atoms with Gasteiger partial charge in [0.05, 0.1) is 12.0 Å². The van der Waals surface area contributed by atoms with Gasteiger partial charge in [0.25, 0.3) is 0 Å². The number of carboxylic acid groups (broad SMARTS) is 1. The first-order chi connectivity index (χ1) is 10.5. The number of carbonyl (C=O) groups is 2. The third-order valence-electron chi connectivity index (χ3n) is 3.92. The van der Waals surface area contributed by atoms with Gasteiger partial charge >= 0.3 is 5.97 Å². The Labute approximate surface area is 130 Å². The Hall–Kier alpha value is -1.88. The van der Waals surface area contributed by atoms with Crippen molar-refractivity contribution in [1.29, 1.82) is 0 Å². The number of ether oxygens (including phenoxy) is 1. The highest BCUT2D eigenvalue weighted by Crippen LogP contribution is 2.18. The van der Waals surface area contributed by atoms with E-state index < -0.39 is 11.9 Å². The predicted octanol–water partition coefficient (Wildman–Crippen LogP) is 2.85. The Balaban J connectivity index is 1.77. The topological polar surface area (TPSA) is 75.6 Å². The molecule has 1 saturated heterocycles. The Kier molecular flexibility index (Phi) is 5.95. The molecule has 1 aliphatic heterocycles. The van der Waals surface area contributed by atoms with Gasteiger partial charge in [0.2, 0.25) is 5.91 Å². The van der Waals surface area contributed by atoms with E-state index in [0.29, 0.717) is 12.8 Å². The summed E-state index contributed by atoms with van der Waals surface area (Å²) in [5.74, 6) is -1.22. The number of rotatable bonds is 7. The molecule has 0 saturated carbocycles. The minimum Gasteiger partial charge on any atom is -0.481 e. The summed E-state index contributed by atoms with van der Waals surface area (Å²) >= 11 is 0. The zero-order valence-corrected chi connectivity index (χ0v) is 12.9. The van der Waals surface area contributed by atoms with E-state index in [4.69, 9.17) is 9.84 Å². The van der Waals surface area contributed by atoms with E-state index in [9.17, 15) is 9.59 Å². The zero-order chi connectivity index (χ0) is 15.9. The number of hydrogen-bond donors (Lipinski definition) is 2. The number of benzene rings is 1. The molecule has 5 nitrogen and oxygen atoms in total. The summed E-state index contributed by atoms with van der Waals surface area (Å²) in [7, 11) is 0. The maximum absolute atomic E-state index is 11.9. The fourth-order valence-corrected chi connectivity index (χ4v) is 2.55. The lowest BCUT2D eigenvalue weighted by molar-refractivity contribution is -0.141. The third-order valence-corrected chi connectivity index (χ3v) is 3.92. The van der Waals surface area contributed by atoms with Crippen LogP contribution < -0.4 is 5.32 Å². The van der Waals surface area contributed by atoms with Gasteiger partial charge in [-0.15, -0.1) is 0 Å². The first-order valence-electron chi connectivity index (χ1n) is 7.78. The van der Waals surface area contributed by atoms with Gasteiger partial charge in [0.15, 0.2) is 0 Å².